The summed E-state index contributed by atoms with van der Waals surface area (Å²) in [5, 5.41) is 0. The molecular formula is C14H22FNO3. The van der Waals surface area contributed by atoms with Crippen LogP contribution in [0.25, 0.3) is 0 Å². The number of rotatable bonds is 10. The molecule has 1 rings (SSSR count). The van der Waals surface area contributed by atoms with Crippen molar-refractivity contribution in [2.45, 2.75) is 12.5 Å². The predicted molar refractivity (Wildman–Crippen MR) is 71.5 cm³/mol. The Morgan fingerprint density at radius 1 is 1.11 bits per heavy atom. The Labute approximate surface area is 113 Å². The highest BCUT2D eigenvalue weighted by atomic mass is 19.1. The van der Waals surface area contributed by atoms with E-state index in [-0.39, 0.29) is 11.9 Å². The van der Waals surface area contributed by atoms with Crippen LogP contribution >= 0.6 is 0 Å². The van der Waals surface area contributed by atoms with Crippen molar-refractivity contribution in [2.75, 3.05) is 40.1 Å². The fraction of sp³-hybridized carbons (Fsp3) is 0.571. The van der Waals surface area contributed by atoms with E-state index in [2.05, 4.69) is 0 Å². The van der Waals surface area contributed by atoms with Crippen molar-refractivity contribution < 1.29 is 18.6 Å². The number of methoxy groups -OCH3 is 1. The molecule has 5 heteroatoms. The van der Waals surface area contributed by atoms with Crippen molar-refractivity contribution in [3.05, 3.63) is 35.6 Å². The van der Waals surface area contributed by atoms with Crippen LogP contribution in [0.1, 0.15) is 18.1 Å². The van der Waals surface area contributed by atoms with Gasteiger partial charge in [0.2, 0.25) is 0 Å². The number of benzene rings is 1. The first-order valence-electron chi connectivity index (χ1n) is 6.41. The summed E-state index contributed by atoms with van der Waals surface area (Å²) in [7, 11) is 1.66. The van der Waals surface area contributed by atoms with Crippen LogP contribution < -0.4 is 5.73 Å². The Morgan fingerprint density at radius 2 is 1.84 bits per heavy atom. The highest BCUT2D eigenvalue weighted by Crippen LogP contribution is 2.16. The number of hydrogen-bond acceptors (Lipinski definition) is 4. The van der Waals surface area contributed by atoms with Crippen molar-refractivity contribution >= 4 is 0 Å². The molecule has 0 fully saturated rings. The molecule has 0 bridgehead atoms. The largest absolute Gasteiger partial charge is 0.385 e. The lowest BCUT2D eigenvalue weighted by molar-refractivity contribution is 0.00387. The second kappa shape index (κ2) is 9.86. The minimum absolute atomic E-state index is 0.219. The average molecular weight is 271 g/mol. The van der Waals surface area contributed by atoms with Crippen molar-refractivity contribution in [1.29, 1.82) is 0 Å². The first-order chi connectivity index (χ1) is 9.27. The van der Waals surface area contributed by atoms with Gasteiger partial charge in [-0.25, -0.2) is 4.39 Å². The van der Waals surface area contributed by atoms with Crippen molar-refractivity contribution in [3.63, 3.8) is 0 Å². The highest BCUT2D eigenvalue weighted by Gasteiger charge is 2.09. The van der Waals surface area contributed by atoms with Crippen LogP contribution in [0.4, 0.5) is 4.39 Å². The molecule has 4 nitrogen and oxygen atoms in total. The minimum atomic E-state index is -0.263. The Bertz CT molecular complexity index is 332. The molecule has 0 heterocycles. The lowest BCUT2D eigenvalue weighted by Crippen LogP contribution is -2.18. The summed E-state index contributed by atoms with van der Waals surface area (Å²) in [6.07, 6.45) is 0.651. The predicted octanol–water partition coefficient (Wildman–Crippen LogP) is 1.90. The summed E-state index contributed by atoms with van der Waals surface area (Å²) < 4.78 is 28.7. The van der Waals surface area contributed by atoms with Crippen LogP contribution in [0.5, 0.6) is 0 Å². The second-order valence-corrected chi connectivity index (χ2v) is 4.11. The molecule has 0 saturated heterocycles. The fourth-order valence-corrected chi connectivity index (χ4v) is 1.63. The summed E-state index contributed by atoms with van der Waals surface area (Å²) >= 11 is 0. The summed E-state index contributed by atoms with van der Waals surface area (Å²) in [4.78, 5) is 0. The zero-order valence-corrected chi connectivity index (χ0v) is 11.3. The van der Waals surface area contributed by atoms with Crippen LogP contribution in [0.15, 0.2) is 24.3 Å². The zero-order valence-electron chi connectivity index (χ0n) is 11.3. The van der Waals surface area contributed by atoms with Crippen LogP contribution in [0, 0.1) is 5.82 Å². The molecule has 0 saturated carbocycles. The lowest BCUT2D eigenvalue weighted by Gasteiger charge is -2.16. The number of hydrogen-bond donors (Lipinski definition) is 1. The maximum atomic E-state index is 12.8. The van der Waals surface area contributed by atoms with E-state index >= 15 is 0 Å². The van der Waals surface area contributed by atoms with Crippen LogP contribution in [-0.2, 0) is 14.2 Å². The summed E-state index contributed by atoms with van der Waals surface area (Å²) in [5.74, 6) is -0.263. The summed E-state index contributed by atoms with van der Waals surface area (Å²) in [6, 6.07) is 6.18. The molecule has 2 N–H and O–H groups in total. The van der Waals surface area contributed by atoms with E-state index in [1.807, 2.05) is 0 Å². The molecule has 0 aromatic heterocycles. The van der Waals surface area contributed by atoms with E-state index < -0.39 is 0 Å². The third-order valence-corrected chi connectivity index (χ3v) is 2.64. The topological polar surface area (TPSA) is 53.7 Å². The molecule has 1 aromatic rings. The molecule has 0 amide bonds. The van der Waals surface area contributed by atoms with Gasteiger partial charge in [-0.1, -0.05) is 12.1 Å². The summed E-state index contributed by atoms with van der Waals surface area (Å²) in [5.41, 5.74) is 6.53. The fourth-order valence-electron chi connectivity index (χ4n) is 1.63. The zero-order chi connectivity index (χ0) is 13.9. The number of ether oxygens (including phenoxy) is 3. The SMILES string of the molecule is COCCCOCCOC(CN)c1ccc(F)cc1. The molecule has 0 aliphatic heterocycles. The molecular weight excluding hydrogens is 249 g/mol. The van der Waals surface area contributed by atoms with Gasteiger partial charge in [-0.3, -0.25) is 0 Å². The standard InChI is InChI=1S/C14H22FNO3/c1-17-7-2-8-18-9-10-19-14(11-16)12-3-5-13(15)6-4-12/h3-6,14H,2,7-11,16H2,1H3. The van der Waals surface area contributed by atoms with Gasteiger partial charge in [-0.15, -0.1) is 0 Å². The van der Waals surface area contributed by atoms with Gasteiger partial charge >= 0.3 is 0 Å². The van der Waals surface area contributed by atoms with Gasteiger partial charge in [0.05, 0.1) is 19.3 Å². The molecule has 0 aliphatic carbocycles. The maximum absolute atomic E-state index is 12.8. The Morgan fingerprint density at radius 3 is 2.47 bits per heavy atom. The van der Waals surface area contributed by atoms with E-state index in [1.165, 1.54) is 12.1 Å². The van der Waals surface area contributed by atoms with Crippen LogP contribution in [0.2, 0.25) is 0 Å². The van der Waals surface area contributed by atoms with Crippen LogP contribution in [-0.4, -0.2) is 40.1 Å². The Balaban J connectivity index is 2.20. The lowest BCUT2D eigenvalue weighted by atomic mass is 10.1. The Kier molecular flexibility index (Phi) is 8.33. The van der Waals surface area contributed by atoms with E-state index in [9.17, 15) is 4.39 Å². The number of nitrogens with two attached hydrogens (primary N) is 1. The molecule has 0 aliphatic rings. The minimum Gasteiger partial charge on any atom is -0.385 e. The van der Waals surface area contributed by atoms with E-state index in [1.54, 1.807) is 19.2 Å². The average Bonchev–Trinajstić information content (AvgIpc) is 2.43. The van der Waals surface area contributed by atoms with Gasteiger partial charge in [0, 0.05) is 26.9 Å². The Hall–Kier alpha value is -1.01. The molecule has 1 atom stereocenters. The highest BCUT2D eigenvalue weighted by molar-refractivity contribution is 5.18. The van der Waals surface area contributed by atoms with Crippen LogP contribution in [0.3, 0.4) is 0 Å². The first kappa shape index (κ1) is 16.0. The first-order valence-corrected chi connectivity index (χ1v) is 6.41. The molecule has 108 valence electrons. The smallest absolute Gasteiger partial charge is 0.123 e. The molecule has 1 unspecified atom stereocenters. The normalized spacial score (nSPS) is 12.6. The van der Waals surface area contributed by atoms with Gasteiger partial charge in [0.1, 0.15) is 5.82 Å². The van der Waals surface area contributed by atoms with Gasteiger partial charge in [0.15, 0.2) is 0 Å². The van der Waals surface area contributed by atoms with E-state index in [0.29, 0.717) is 33.0 Å². The maximum Gasteiger partial charge on any atom is 0.123 e. The quantitative estimate of drug-likeness (QED) is 0.660. The molecule has 0 radical (unpaired) electrons. The second-order valence-electron chi connectivity index (χ2n) is 4.11. The summed E-state index contributed by atoms with van der Waals surface area (Å²) in [6.45, 7) is 2.69. The van der Waals surface area contributed by atoms with E-state index in [4.69, 9.17) is 19.9 Å². The number of halogens is 1. The third kappa shape index (κ3) is 6.63. The van der Waals surface area contributed by atoms with Crippen molar-refractivity contribution in [2.24, 2.45) is 5.73 Å². The van der Waals surface area contributed by atoms with Gasteiger partial charge < -0.3 is 19.9 Å². The monoisotopic (exact) mass is 271 g/mol. The molecule has 0 spiro atoms. The molecule has 1 aromatic carbocycles. The van der Waals surface area contributed by atoms with Gasteiger partial charge in [-0.2, -0.15) is 0 Å². The third-order valence-electron chi connectivity index (χ3n) is 2.64. The molecule has 19 heavy (non-hydrogen) atoms. The van der Waals surface area contributed by atoms with Crippen molar-refractivity contribution in [1.82, 2.24) is 0 Å². The van der Waals surface area contributed by atoms with Crippen molar-refractivity contribution in [3.8, 4) is 0 Å². The van der Waals surface area contributed by atoms with Gasteiger partial charge in [-0.05, 0) is 24.1 Å². The van der Waals surface area contributed by atoms with Gasteiger partial charge in [0.25, 0.3) is 0 Å². The van der Waals surface area contributed by atoms with E-state index in [0.717, 1.165) is 12.0 Å².